The molecule has 4 heteroatoms. The highest BCUT2D eigenvalue weighted by Crippen LogP contribution is 2.26. The number of aliphatic hydroxyl groups is 1. The average Bonchev–Trinajstić information content (AvgIpc) is 2.36. The Hall–Kier alpha value is -1.45. The fraction of sp³-hybridized carbons (Fsp3) is 0.200. The van der Waals surface area contributed by atoms with Crippen LogP contribution in [0.4, 0.5) is 8.78 Å². The smallest absolute Gasteiger partial charge is 0.131 e. The molecule has 100 valence electrons. The van der Waals surface area contributed by atoms with Gasteiger partial charge >= 0.3 is 0 Å². The second-order valence-corrected chi connectivity index (χ2v) is 4.84. The van der Waals surface area contributed by atoms with Gasteiger partial charge in [0.2, 0.25) is 0 Å². The predicted molar refractivity (Wildman–Crippen MR) is 71.2 cm³/mol. The van der Waals surface area contributed by atoms with Crippen molar-refractivity contribution in [2.45, 2.75) is 19.4 Å². The van der Waals surface area contributed by atoms with E-state index in [1.807, 2.05) is 0 Å². The molecule has 0 heterocycles. The molecule has 0 saturated carbocycles. The molecule has 0 saturated heterocycles. The van der Waals surface area contributed by atoms with Crippen LogP contribution in [0.2, 0.25) is 5.02 Å². The van der Waals surface area contributed by atoms with Crippen LogP contribution in [-0.2, 0) is 6.42 Å². The second kappa shape index (κ2) is 5.68. The molecule has 0 bridgehead atoms. The van der Waals surface area contributed by atoms with Crippen LogP contribution >= 0.6 is 11.6 Å². The number of hydrogen-bond donors (Lipinski definition) is 1. The van der Waals surface area contributed by atoms with Gasteiger partial charge in [-0.1, -0.05) is 35.9 Å². The summed E-state index contributed by atoms with van der Waals surface area (Å²) in [5.74, 6) is -0.863. The molecule has 1 nitrogen and oxygen atoms in total. The normalized spacial score (nSPS) is 12.5. The Labute approximate surface area is 115 Å². The number of rotatable bonds is 3. The molecule has 0 aliphatic heterocycles. The first kappa shape index (κ1) is 14.0. The van der Waals surface area contributed by atoms with Gasteiger partial charge in [0.1, 0.15) is 11.6 Å². The Balaban J connectivity index is 2.25. The minimum absolute atomic E-state index is 0.138. The number of halogens is 3. The van der Waals surface area contributed by atoms with Crippen molar-refractivity contribution in [2.75, 3.05) is 0 Å². The predicted octanol–water partition coefficient (Wildman–Crippen LogP) is 4.20. The molecule has 0 aromatic heterocycles. The van der Waals surface area contributed by atoms with Crippen molar-refractivity contribution in [3.63, 3.8) is 0 Å². The summed E-state index contributed by atoms with van der Waals surface area (Å²) in [4.78, 5) is 0. The van der Waals surface area contributed by atoms with E-state index in [0.717, 1.165) is 0 Å². The summed E-state index contributed by atoms with van der Waals surface area (Å²) < 4.78 is 26.8. The standard InChI is InChI=1S/C15H13ClF2O/c1-9-3-2-4-12(15(9)18)14(19)7-10-5-6-11(17)8-13(10)16/h2-6,8,14,19H,7H2,1H3. The van der Waals surface area contributed by atoms with Crippen molar-refractivity contribution in [2.24, 2.45) is 0 Å². The molecular weight excluding hydrogens is 270 g/mol. The van der Waals surface area contributed by atoms with Gasteiger partial charge in [0, 0.05) is 17.0 Å². The first-order valence-electron chi connectivity index (χ1n) is 5.86. The van der Waals surface area contributed by atoms with Gasteiger partial charge in [-0.15, -0.1) is 0 Å². The maximum atomic E-state index is 13.9. The zero-order chi connectivity index (χ0) is 14.0. The van der Waals surface area contributed by atoms with Gasteiger partial charge in [-0.3, -0.25) is 0 Å². The van der Waals surface area contributed by atoms with Crippen LogP contribution in [0.15, 0.2) is 36.4 Å². The Bertz CT molecular complexity index is 599. The van der Waals surface area contributed by atoms with Gasteiger partial charge in [0.05, 0.1) is 6.10 Å². The van der Waals surface area contributed by atoms with E-state index in [1.54, 1.807) is 19.1 Å². The minimum atomic E-state index is -1.01. The van der Waals surface area contributed by atoms with Crippen LogP contribution in [0.5, 0.6) is 0 Å². The summed E-state index contributed by atoms with van der Waals surface area (Å²) in [6.45, 7) is 1.64. The Morgan fingerprint density at radius 3 is 2.63 bits per heavy atom. The van der Waals surface area contributed by atoms with E-state index in [-0.39, 0.29) is 17.0 Å². The third-order valence-corrected chi connectivity index (χ3v) is 3.36. The van der Waals surface area contributed by atoms with Crippen LogP contribution in [0, 0.1) is 18.6 Å². The van der Waals surface area contributed by atoms with E-state index >= 15 is 0 Å². The average molecular weight is 283 g/mol. The van der Waals surface area contributed by atoms with Crippen LogP contribution in [0.3, 0.4) is 0 Å². The molecule has 1 atom stereocenters. The van der Waals surface area contributed by atoms with Crippen LogP contribution in [0.1, 0.15) is 22.8 Å². The zero-order valence-electron chi connectivity index (χ0n) is 10.3. The summed E-state index contributed by atoms with van der Waals surface area (Å²) in [6, 6.07) is 8.79. The molecule has 0 radical (unpaired) electrons. The SMILES string of the molecule is Cc1cccc(C(O)Cc2ccc(F)cc2Cl)c1F. The van der Waals surface area contributed by atoms with Crippen LogP contribution in [0.25, 0.3) is 0 Å². The van der Waals surface area contributed by atoms with Gasteiger partial charge < -0.3 is 5.11 Å². The molecule has 2 aromatic rings. The molecule has 0 aliphatic rings. The van der Waals surface area contributed by atoms with E-state index in [2.05, 4.69) is 0 Å². The molecule has 2 rings (SSSR count). The second-order valence-electron chi connectivity index (χ2n) is 4.43. The lowest BCUT2D eigenvalue weighted by Gasteiger charge is -2.14. The van der Waals surface area contributed by atoms with Crippen molar-refractivity contribution in [3.05, 3.63) is 69.7 Å². The molecule has 0 amide bonds. The minimum Gasteiger partial charge on any atom is -0.388 e. The highest BCUT2D eigenvalue weighted by molar-refractivity contribution is 6.31. The van der Waals surface area contributed by atoms with Gasteiger partial charge in [-0.25, -0.2) is 8.78 Å². The highest BCUT2D eigenvalue weighted by atomic mass is 35.5. The third kappa shape index (κ3) is 3.11. The number of benzene rings is 2. The number of aliphatic hydroxyl groups excluding tert-OH is 1. The fourth-order valence-electron chi connectivity index (χ4n) is 1.93. The Morgan fingerprint density at radius 2 is 1.95 bits per heavy atom. The van der Waals surface area contributed by atoms with Gasteiger partial charge in [-0.2, -0.15) is 0 Å². The molecule has 1 N–H and O–H groups in total. The summed E-state index contributed by atoms with van der Waals surface area (Å²) in [5, 5.41) is 10.3. The lowest BCUT2D eigenvalue weighted by molar-refractivity contribution is 0.173. The van der Waals surface area contributed by atoms with E-state index in [0.29, 0.717) is 11.1 Å². The van der Waals surface area contributed by atoms with Crippen molar-refractivity contribution < 1.29 is 13.9 Å². The van der Waals surface area contributed by atoms with Gasteiger partial charge in [0.15, 0.2) is 0 Å². The first-order valence-corrected chi connectivity index (χ1v) is 6.24. The maximum Gasteiger partial charge on any atom is 0.131 e. The molecule has 0 fully saturated rings. The largest absolute Gasteiger partial charge is 0.388 e. The summed E-state index contributed by atoms with van der Waals surface area (Å²) in [6.07, 6.45) is -0.873. The quantitative estimate of drug-likeness (QED) is 0.894. The van der Waals surface area contributed by atoms with E-state index in [4.69, 9.17) is 11.6 Å². The summed E-state index contributed by atoms with van der Waals surface area (Å²) in [7, 11) is 0. The van der Waals surface area contributed by atoms with Crippen LogP contribution in [-0.4, -0.2) is 5.11 Å². The topological polar surface area (TPSA) is 20.2 Å². The van der Waals surface area contributed by atoms with Crippen LogP contribution < -0.4 is 0 Å². The van der Waals surface area contributed by atoms with Crippen molar-refractivity contribution in [3.8, 4) is 0 Å². The third-order valence-electron chi connectivity index (χ3n) is 3.01. The highest BCUT2D eigenvalue weighted by Gasteiger charge is 2.16. The van der Waals surface area contributed by atoms with Gasteiger partial charge in [-0.05, 0) is 30.2 Å². The molecular formula is C15H13ClF2O. The summed E-state index contributed by atoms with van der Waals surface area (Å²) in [5.41, 5.74) is 1.28. The molecule has 0 aliphatic carbocycles. The Kier molecular flexibility index (Phi) is 4.17. The molecule has 2 aromatic carbocycles. The maximum absolute atomic E-state index is 13.9. The van der Waals surface area contributed by atoms with Crippen molar-refractivity contribution in [1.82, 2.24) is 0 Å². The summed E-state index contributed by atoms with van der Waals surface area (Å²) >= 11 is 5.89. The molecule has 19 heavy (non-hydrogen) atoms. The Morgan fingerprint density at radius 1 is 1.21 bits per heavy atom. The van der Waals surface area contributed by atoms with E-state index < -0.39 is 17.7 Å². The number of aryl methyl sites for hydroxylation is 1. The molecule has 0 spiro atoms. The van der Waals surface area contributed by atoms with E-state index in [1.165, 1.54) is 24.3 Å². The van der Waals surface area contributed by atoms with Crippen molar-refractivity contribution >= 4 is 11.6 Å². The lowest BCUT2D eigenvalue weighted by atomic mass is 9.99. The van der Waals surface area contributed by atoms with E-state index in [9.17, 15) is 13.9 Å². The first-order chi connectivity index (χ1) is 8.99. The molecule has 1 unspecified atom stereocenters. The van der Waals surface area contributed by atoms with Gasteiger partial charge in [0.25, 0.3) is 0 Å². The zero-order valence-corrected chi connectivity index (χ0v) is 11.1. The monoisotopic (exact) mass is 282 g/mol. The fourth-order valence-corrected chi connectivity index (χ4v) is 2.18. The lowest BCUT2D eigenvalue weighted by Crippen LogP contribution is -2.06. The number of hydrogen-bond acceptors (Lipinski definition) is 1. The van der Waals surface area contributed by atoms with Crippen molar-refractivity contribution in [1.29, 1.82) is 0 Å².